The number of furan rings is 1. The second kappa shape index (κ2) is 8.54. The van der Waals surface area contributed by atoms with Gasteiger partial charge in [-0.1, -0.05) is 24.3 Å². The highest BCUT2D eigenvalue weighted by atomic mass is 127. The van der Waals surface area contributed by atoms with E-state index in [0.29, 0.717) is 22.8 Å². The predicted octanol–water partition coefficient (Wildman–Crippen LogP) is 4.80. The number of halogens is 1. The minimum atomic E-state index is -1.01. The molecule has 3 rings (SSSR count). The molecule has 0 saturated carbocycles. The number of benzene rings is 2. The van der Waals surface area contributed by atoms with Gasteiger partial charge >= 0.3 is 5.97 Å². The lowest BCUT2D eigenvalue weighted by molar-refractivity contribution is -0.112. The molecule has 0 radical (unpaired) electrons. The SMILES string of the molecule is N#C/C(=C\c1ccc(-c2ccc(C(=O)O)cc2)o1)C(=O)Nc1ccccc1I. The highest BCUT2D eigenvalue weighted by Crippen LogP contribution is 2.24. The second-order valence-electron chi connectivity index (χ2n) is 5.69. The molecule has 3 aromatic rings. The Morgan fingerprint density at radius 1 is 1.07 bits per heavy atom. The number of para-hydroxylation sites is 1. The summed E-state index contributed by atoms with van der Waals surface area (Å²) < 4.78 is 6.53. The molecule has 0 atom stereocenters. The molecule has 2 aromatic carbocycles. The summed E-state index contributed by atoms with van der Waals surface area (Å²) in [6.45, 7) is 0. The number of hydrogen-bond acceptors (Lipinski definition) is 4. The van der Waals surface area contributed by atoms with Crippen LogP contribution in [-0.2, 0) is 4.79 Å². The van der Waals surface area contributed by atoms with Crippen LogP contribution in [0, 0.1) is 14.9 Å². The Balaban J connectivity index is 1.80. The van der Waals surface area contributed by atoms with Crippen molar-refractivity contribution in [3.05, 3.63) is 81.1 Å². The molecule has 138 valence electrons. The van der Waals surface area contributed by atoms with Crippen LogP contribution in [0.15, 0.2) is 70.7 Å². The fourth-order valence-electron chi connectivity index (χ4n) is 2.41. The number of carboxylic acids is 1. The maximum atomic E-state index is 12.4. The van der Waals surface area contributed by atoms with Gasteiger partial charge in [0, 0.05) is 15.2 Å². The Bertz CT molecular complexity index is 1110. The van der Waals surface area contributed by atoms with E-state index in [9.17, 15) is 14.9 Å². The van der Waals surface area contributed by atoms with E-state index in [4.69, 9.17) is 9.52 Å². The Labute approximate surface area is 174 Å². The van der Waals surface area contributed by atoms with Crippen molar-refractivity contribution in [2.24, 2.45) is 0 Å². The van der Waals surface area contributed by atoms with Gasteiger partial charge in [0.15, 0.2) is 0 Å². The molecular weight excluding hydrogens is 471 g/mol. The zero-order valence-corrected chi connectivity index (χ0v) is 16.5. The fraction of sp³-hybridized carbons (Fsp3) is 0. The van der Waals surface area contributed by atoms with Gasteiger partial charge in [-0.15, -0.1) is 0 Å². The number of anilines is 1. The van der Waals surface area contributed by atoms with Gasteiger partial charge in [0.25, 0.3) is 5.91 Å². The smallest absolute Gasteiger partial charge is 0.335 e. The first-order valence-electron chi connectivity index (χ1n) is 8.09. The first-order valence-corrected chi connectivity index (χ1v) is 9.17. The lowest BCUT2D eigenvalue weighted by Gasteiger charge is -2.05. The van der Waals surface area contributed by atoms with E-state index in [1.54, 1.807) is 36.4 Å². The standard InChI is InChI=1S/C21H13IN2O4/c22-17-3-1-2-4-18(17)24-20(25)15(12-23)11-16-9-10-19(28-16)13-5-7-14(8-6-13)21(26)27/h1-11H,(H,24,25)(H,26,27)/b15-11+. The maximum absolute atomic E-state index is 12.4. The number of nitrogens with zero attached hydrogens (tertiary/aromatic N) is 1. The van der Waals surface area contributed by atoms with Crippen molar-refractivity contribution >= 4 is 46.2 Å². The number of rotatable bonds is 5. The van der Waals surface area contributed by atoms with Crippen molar-refractivity contribution in [1.82, 2.24) is 0 Å². The van der Waals surface area contributed by atoms with E-state index in [1.165, 1.54) is 18.2 Å². The first kappa shape index (κ1) is 19.4. The molecule has 0 unspecified atom stereocenters. The van der Waals surface area contributed by atoms with Crippen molar-refractivity contribution in [1.29, 1.82) is 5.26 Å². The topological polar surface area (TPSA) is 103 Å². The Morgan fingerprint density at radius 2 is 1.79 bits per heavy atom. The summed E-state index contributed by atoms with van der Waals surface area (Å²) in [6.07, 6.45) is 1.36. The molecule has 0 aliphatic heterocycles. The molecule has 1 amide bonds. The number of carbonyl (C=O) groups is 2. The van der Waals surface area contributed by atoms with Gasteiger partial charge in [0.1, 0.15) is 23.2 Å². The summed E-state index contributed by atoms with van der Waals surface area (Å²) >= 11 is 2.10. The fourth-order valence-corrected chi connectivity index (χ4v) is 2.93. The summed E-state index contributed by atoms with van der Waals surface area (Å²) in [5.74, 6) is -0.701. The lowest BCUT2D eigenvalue weighted by Crippen LogP contribution is -2.14. The quantitative estimate of drug-likeness (QED) is 0.308. The molecule has 2 N–H and O–H groups in total. The van der Waals surface area contributed by atoms with Crippen molar-refractivity contribution in [2.75, 3.05) is 5.32 Å². The number of carbonyl (C=O) groups excluding carboxylic acids is 1. The summed E-state index contributed by atoms with van der Waals surface area (Å²) in [5, 5.41) is 21.0. The van der Waals surface area contributed by atoms with Gasteiger partial charge in [-0.05, 0) is 59.0 Å². The zero-order valence-electron chi connectivity index (χ0n) is 14.3. The van der Waals surface area contributed by atoms with Crippen LogP contribution in [0.4, 0.5) is 5.69 Å². The molecule has 0 spiro atoms. The average molecular weight is 484 g/mol. The number of nitrogens with one attached hydrogen (secondary N) is 1. The van der Waals surface area contributed by atoms with Gasteiger partial charge < -0.3 is 14.8 Å². The van der Waals surface area contributed by atoms with Crippen LogP contribution in [0.1, 0.15) is 16.1 Å². The first-order chi connectivity index (χ1) is 13.5. The molecule has 0 fully saturated rings. The van der Waals surface area contributed by atoms with E-state index < -0.39 is 11.9 Å². The minimum Gasteiger partial charge on any atom is -0.478 e. The molecule has 1 heterocycles. The number of aromatic carboxylic acids is 1. The van der Waals surface area contributed by atoms with Gasteiger partial charge in [-0.25, -0.2) is 4.79 Å². The van der Waals surface area contributed by atoms with Crippen LogP contribution >= 0.6 is 22.6 Å². The van der Waals surface area contributed by atoms with Crippen molar-refractivity contribution < 1.29 is 19.1 Å². The molecule has 28 heavy (non-hydrogen) atoms. The van der Waals surface area contributed by atoms with E-state index in [0.717, 1.165) is 3.57 Å². The third-order valence-electron chi connectivity index (χ3n) is 3.82. The van der Waals surface area contributed by atoms with Gasteiger partial charge in [-0.3, -0.25) is 4.79 Å². The van der Waals surface area contributed by atoms with Crippen molar-refractivity contribution in [3.8, 4) is 17.4 Å². The summed E-state index contributed by atoms with van der Waals surface area (Å²) in [4.78, 5) is 23.3. The molecule has 6 nitrogen and oxygen atoms in total. The van der Waals surface area contributed by atoms with E-state index >= 15 is 0 Å². The molecule has 0 bridgehead atoms. The van der Waals surface area contributed by atoms with Crippen LogP contribution < -0.4 is 5.32 Å². The minimum absolute atomic E-state index is 0.0956. The lowest BCUT2D eigenvalue weighted by atomic mass is 10.1. The molecule has 0 aliphatic carbocycles. The van der Waals surface area contributed by atoms with E-state index in [1.807, 2.05) is 18.2 Å². The van der Waals surface area contributed by atoms with Crippen LogP contribution in [-0.4, -0.2) is 17.0 Å². The molecule has 0 saturated heterocycles. The monoisotopic (exact) mass is 484 g/mol. The summed E-state index contributed by atoms with van der Waals surface area (Å²) in [6, 6.07) is 18.7. The third kappa shape index (κ3) is 4.47. The van der Waals surface area contributed by atoms with Crippen LogP contribution in [0.2, 0.25) is 0 Å². The Kier molecular flexibility index (Phi) is 5.91. The Morgan fingerprint density at radius 3 is 2.43 bits per heavy atom. The van der Waals surface area contributed by atoms with Crippen molar-refractivity contribution in [3.63, 3.8) is 0 Å². The third-order valence-corrected chi connectivity index (χ3v) is 4.76. The number of nitriles is 1. The average Bonchev–Trinajstić information content (AvgIpc) is 3.16. The molecule has 7 heteroatoms. The van der Waals surface area contributed by atoms with Crippen LogP contribution in [0.5, 0.6) is 0 Å². The zero-order chi connectivity index (χ0) is 20.1. The number of hydrogen-bond donors (Lipinski definition) is 2. The maximum Gasteiger partial charge on any atom is 0.335 e. The van der Waals surface area contributed by atoms with E-state index in [2.05, 4.69) is 27.9 Å². The van der Waals surface area contributed by atoms with Crippen molar-refractivity contribution in [2.45, 2.75) is 0 Å². The van der Waals surface area contributed by atoms with Crippen LogP contribution in [0.25, 0.3) is 17.4 Å². The van der Waals surface area contributed by atoms with E-state index in [-0.39, 0.29) is 11.1 Å². The summed E-state index contributed by atoms with van der Waals surface area (Å²) in [7, 11) is 0. The molecule has 0 aliphatic rings. The highest BCUT2D eigenvalue weighted by Gasteiger charge is 2.13. The number of carboxylic acid groups (broad SMARTS) is 1. The van der Waals surface area contributed by atoms with Crippen LogP contribution in [0.3, 0.4) is 0 Å². The Hall–Kier alpha value is -3.38. The van der Waals surface area contributed by atoms with Gasteiger partial charge in [0.05, 0.1) is 11.3 Å². The van der Waals surface area contributed by atoms with Gasteiger partial charge in [0.2, 0.25) is 0 Å². The largest absolute Gasteiger partial charge is 0.478 e. The molecular formula is C21H13IN2O4. The summed E-state index contributed by atoms with van der Waals surface area (Å²) in [5.41, 5.74) is 1.38. The number of amides is 1. The van der Waals surface area contributed by atoms with Gasteiger partial charge in [-0.2, -0.15) is 5.26 Å². The molecule has 1 aromatic heterocycles. The second-order valence-corrected chi connectivity index (χ2v) is 6.85. The normalized spacial score (nSPS) is 10.9. The highest BCUT2D eigenvalue weighted by molar-refractivity contribution is 14.1. The predicted molar refractivity (Wildman–Crippen MR) is 112 cm³/mol.